The molecule has 2 aromatic carbocycles. The molecule has 0 radical (unpaired) electrons. The first-order valence-electron chi connectivity index (χ1n) is 10.2. The zero-order chi connectivity index (χ0) is 22.2. The number of aromatic amines is 1. The Kier molecular flexibility index (Phi) is 7.32. The number of rotatable bonds is 8. The number of carbonyl (C=O) groups is 2. The minimum absolute atomic E-state index is 0.0922. The van der Waals surface area contributed by atoms with Crippen molar-refractivity contribution in [2.45, 2.75) is 32.2 Å². The van der Waals surface area contributed by atoms with Gasteiger partial charge in [0, 0.05) is 11.1 Å². The monoisotopic (exact) mass is 419 g/mol. The zero-order valence-electron chi connectivity index (χ0n) is 17.6. The highest BCUT2D eigenvalue weighted by Gasteiger charge is 2.27. The lowest BCUT2D eigenvalue weighted by Gasteiger charge is -2.18. The molecule has 0 spiro atoms. The van der Waals surface area contributed by atoms with Crippen LogP contribution in [0.1, 0.15) is 36.5 Å². The highest BCUT2D eigenvalue weighted by Crippen LogP contribution is 2.31. The highest BCUT2D eigenvalue weighted by molar-refractivity contribution is 6.04. The number of hydrogen-bond acceptors (Lipinski definition) is 5. The third-order valence-electron chi connectivity index (χ3n) is 4.96. The summed E-state index contributed by atoms with van der Waals surface area (Å²) in [4.78, 5) is 38.2. The standard InChI is InChI=1S/C24H25N3O4/c1-3-4-15-18(24(30)31-2)25-22(28)20-19(16-11-7-5-8-12-16)21(26-27-23(20)29)17-13-9-6-10-14-17/h5-14,18H,3-4,15H2,1-2H3,(H,25,28)(H,27,29). The number of nitrogens with zero attached hydrogens (tertiary/aromatic N) is 1. The van der Waals surface area contributed by atoms with Gasteiger partial charge in [-0.15, -0.1) is 0 Å². The first-order chi connectivity index (χ1) is 15.1. The van der Waals surface area contributed by atoms with Crippen LogP contribution < -0.4 is 10.9 Å². The fraction of sp³-hybridized carbons (Fsp3) is 0.250. The summed E-state index contributed by atoms with van der Waals surface area (Å²) in [5.74, 6) is -1.19. The van der Waals surface area contributed by atoms with E-state index in [1.165, 1.54) is 7.11 Å². The van der Waals surface area contributed by atoms with Gasteiger partial charge >= 0.3 is 5.97 Å². The molecule has 31 heavy (non-hydrogen) atoms. The number of benzene rings is 2. The van der Waals surface area contributed by atoms with Gasteiger partial charge in [-0.25, -0.2) is 9.89 Å². The van der Waals surface area contributed by atoms with E-state index in [9.17, 15) is 14.4 Å². The Morgan fingerprint density at radius 1 is 1.03 bits per heavy atom. The average Bonchev–Trinajstić information content (AvgIpc) is 2.81. The smallest absolute Gasteiger partial charge is 0.328 e. The number of amides is 1. The van der Waals surface area contributed by atoms with E-state index in [4.69, 9.17) is 4.74 Å². The van der Waals surface area contributed by atoms with Crippen LogP contribution in [0.2, 0.25) is 0 Å². The second kappa shape index (κ2) is 10.3. The molecule has 0 saturated carbocycles. The minimum atomic E-state index is -0.839. The minimum Gasteiger partial charge on any atom is -0.467 e. The van der Waals surface area contributed by atoms with Gasteiger partial charge in [0.05, 0.1) is 12.8 Å². The number of esters is 1. The molecule has 0 fully saturated rings. The number of unbranched alkanes of at least 4 members (excludes halogenated alkanes) is 1. The molecule has 1 unspecified atom stereocenters. The molecule has 3 aromatic rings. The number of aromatic nitrogens is 2. The summed E-state index contributed by atoms with van der Waals surface area (Å²) in [6.07, 6.45) is 2.00. The molecule has 1 heterocycles. The van der Waals surface area contributed by atoms with Gasteiger partial charge in [-0.05, 0) is 12.0 Å². The Hall–Kier alpha value is -3.74. The van der Waals surface area contributed by atoms with Crippen LogP contribution in [0.25, 0.3) is 22.4 Å². The molecule has 0 aliphatic heterocycles. The number of methoxy groups -OCH3 is 1. The van der Waals surface area contributed by atoms with Gasteiger partial charge in [0.2, 0.25) is 0 Å². The lowest BCUT2D eigenvalue weighted by Crippen LogP contribution is -2.43. The van der Waals surface area contributed by atoms with Crippen molar-refractivity contribution in [3.63, 3.8) is 0 Å². The molecule has 2 N–H and O–H groups in total. The van der Waals surface area contributed by atoms with E-state index in [-0.39, 0.29) is 5.56 Å². The van der Waals surface area contributed by atoms with Crippen molar-refractivity contribution in [1.29, 1.82) is 0 Å². The quantitative estimate of drug-likeness (QED) is 0.544. The SMILES string of the molecule is CCCCC(NC(=O)c1c(-c2ccccc2)c(-c2ccccc2)n[nH]c1=O)C(=O)OC. The second-order valence-corrected chi connectivity index (χ2v) is 7.07. The molecule has 7 heteroatoms. The Labute approximate surface area is 180 Å². The van der Waals surface area contributed by atoms with Crippen molar-refractivity contribution in [1.82, 2.24) is 15.5 Å². The maximum atomic E-state index is 13.3. The molecule has 0 saturated heterocycles. The predicted molar refractivity (Wildman–Crippen MR) is 119 cm³/mol. The van der Waals surface area contributed by atoms with E-state index in [0.29, 0.717) is 23.2 Å². The lowest BCUT2D eigenvalue weighted by molar-refractivity contribution is -0.143. The van der Waals surface area contributed by atoms with Crippen molar-refractivity contribution in [2.75, 3.05) is 7.11 Å². The largest absolute Gasteiger partial charge is 0.467 e. The van der Waals surface area contributed by atoms with E-state index < -0.39 is 23.5 Å². The van der Waals surface area contributed by atoms with E-state index in [2.05, 4.69) is 15.5 Å². The Morgan fingerprint density at radius 3 is 2.23 bits per heavy atom. The molecule has 3 rings (SSSR count). The third kappa shape index (κ3) is 5.06. The summed E-state index contributed by atoms with van der Waals surface area (Å²) in [5.41, 5.74) is 1.59. The zero-order valence-corrected chi connectivity index (χ0v) is 17.6. The van der Waals surface area contributed by atoms with Crippen LogP contribution in [-0.4, -0.2) is 35.2 Å². The summed E-state index contributed by atoms with van der Waals surface area (Å²) >= 11 is 0. The van der Waals surface area contributed by atoms with E-state index in [0.717, 1.165) is 18.4 Å². The fourth-order valence-corrected chi connectivity index (χ4v) is 3.39. The van der Waals surface area contributed by atoms with Crippen LogP contribution in [0.3, 0.4) is 0 Å². The van der Waals surface area contributed by atoms with Crippen molar-refractivity contribution < 1.29 is 14.3 Å². The van der Waals surface area contributed by atoms with E-state index >= 15 is 0 Å². The topological polar surface area (TPSA) is 101 Å². The van der Waals surface area contributed by atoms with Crippen LogP contribution in [0, 0.1) is 0 Å². The van der Waals surface area contributed by atoms with Gasteiger partial charge in [-0.2, -0.15) is 5.10 Å². The van der Waals surface area contributed by atoms with Crippen molar-refractivity contribution in [3.05, 3.63) is 76.6 Å². The highest BCUT2D eigenvalue weighted by atomic mass is 16.5. The van der Waals surface area contributed by atoms with Crippen LogP contribution in [0.15, 0.2) is 65.5 Å². The van der Waals surface area contributed by atoms with Crippen LogP contribution >= 0.6 is 0 Å². The predicted octanol–water partition coefficient (Wildman–Crippen LogP) is 3.57. The van der Waals surface area contributed by atoms with Crippen molar-refractivity contribution >= 4 is 11.9 Å². The normalized spacial score (nSPS) is 11.5. The maximum absolute atomic E-state index is 13.3. The molecule has 1 amide bonds. The van der Waals surface area contributed by atoms with E-state index in [1.807, 2.05) is 67.6 Å². The van der Waals surface area contributed by atoms with Crippen molar-refractivity contribution in [3.8, 4) is 22.4 Å². The molecular formula is C24H25N3O4. The first kappa shape index (κ1) is 22.0. The average molecular weight is 419 g/mol. The third-order valence-corrected chi connectivity index (χ3v) is 4.96. The summed E-state index contributed by atoms with van der Waals surface area (Å²) in [5, 5.41) is 9.36. The summed E-state index contributed by atoms with van der Waals surface area (Å²) in [7, 11) is 1.27. The molecule has 1 aromatic heterocycles. The molecule has 0 bridgehead atoms. The molecule has 0 aliphatic carbocycles. The second-order valence-electron chi connectivity index (χ2n) is 7.07. The number of ether oxygens (including phenoxy) is 1. The van der Waals surface area contributed by atoms with Crippen LogP contribution in [-0.2, 0) is 9.53 Å². The first-order valence-corrected chi connectivity index (χ1v) is 10.2. The summed E-state index contributed by atoms with van der Waals surface area (Å²) in [6.45, 7) is 1.99. The molecular weight excluding hydrogens is 394 g/mol. The van der Waals surface area contributed by atoms with Gasteiger partial charge < -0.3 is 10.1 Å². The molecule has 1 atom stereocenters. The number of nitrogens with one attached hydrogen (secondary N) is 2. The Balaban J connectivity index is 2.14. The van der Waals surface area contributed by atoms with Gasteiger partial charge in [0.1, 0.15) is 11.6 Å². The van der Waals surface area contributed by atoms with Crippen molar-refractivity contribution in [2.24, 2.45) is 0 Å². The summed E-state index contributed by atoms with van der Waals surface area (Å²) < 4.78 is 4.83. The molecule has 160 valence electrons. The van der Waals surface area contributed by atoms with Crippen LogP contribution in [0.5, 0.6) is 0 Å². The van der Waals surface area contributed by atoms with Gasteiger partial charge in [-0.3, -0.25) is 9.59 Å². The lowest BCUT2D eigenvalue weighted by atomic mass is 9.95. The Morgan fingerprint density at radius 2 is 1.65 bits per heavy atom. The van der Waals surface area contributed by atoms with Gasteiger partial charge in [0.25, 0.3) is 11.5 Å². The van der Waals surface area contributed by atoms with Crippen LogP contribution in [0.4, 0.5) is 0 Å². The number of hydrogen-bond donors (Lipinski definition) is 2. The summed E-state index contributed by atoms with van der Waals surface area (Å²) in [6, 6.07) is 17.6. The maximum Gasteiger partial charge on any atom is 0.328 e. The van der Waals surface area contributed by atoms with E-state index in [1.54, 1.807) is 0 Å². The number of carbonyl (C=O) groups excluding carboxylic acids is 2. The molecule has 7 nitrogen and oxygen atoms in total. The fourth-order valence-electron chi connectivity index (χ4n) is 3.39. The Bertz CT molecular complexity index is 1090. The van der Waals surface area contributed by atoms with Gasteiger partial charge in [-0.1, -0.05) is 80.4 Å². The number of H-pyrrole nitrogens is 1. The van der Waals surface area contributed by atoms with Gasteiger partial charge in [0.15, 0.2) is 0 Å². The molecule has 0 aliphatic rings.